The van der Waals surface area contributed by atoms with Gasteiger partial charge in [-0.15, -0.1) is 0 Å². The van der Waals surface area contributed by atoms with Gasteiger partial charge in [-0.3, -0.25) is 0 Å². The van der Waals surface area contributed by atoms with E-state index < -0.39 is 16.1 Å². The summed E-state index contributed by atoms with van der Waals surface area (Å²) < 4.78 is 27.4. The summed E-state index contributed by atoms with van der Waals surface area (Å²) in [5, 5.41) is 11.4. The van der Waals surface area contributed by atoms with E-state index in [0.29, 0.717) is 5.56 Å². The van der Waals surface area contributed by atoms with Crippen LogP contribution in [-0.4, -0.2) is 8.42 Å². The van der Waals surface area contributed by atoms with Crippen molar-refractivity contribution in [2.75, 3.05) is 0 Å². The zero-order chi connectivity index (χ0) is 17.2. The van der Waals surface area contributed by atoms with Crippen LogP contribution in [0.2, 0.25) is 0 Å². The summed E-state index contributed by atoms with van der Waals surface area (Å²) in [5.74, 6) is 0. The molecule has 3 aromatic rings. The van der Waals surface area contributed by atoms with E-state index in [2.05, 4.69) is 4.72 Å². The summed E-state index contributed by atoms with van der Waals surface area (Å²) in [4.78, 5) is 0.147. The number of nitrogens with zero attached hydrogens (tertiary/aromatic N) is 1. The van der Waals surface area contributed by atoms with E-state index >= 15 is 0 Å². The van der Waals surface area contributed by atoms with Crippen LogP contribution in [0.3, 0.4) is 0 Å². The van der Waals surface area contributed by atoms with Crippen LogP contribution in [0.15, 0.2) is 71.6 Å². The van der Waals surface area contributed by atoms with Gasteiger partial charge in [-0.25, -0.2) is 8.42 Å². The van der Waals surface area contributed by atoms with Crippen molar-refractivity contribution in [2.45, 2.75) is 17.9 Å². The first-order valence-corrected chi connectivity index (χ1v) is 8.95. The number of fused-ring (bicyclic) bond motifs is 1. The molecule has 0 aromatic heterocycles. The largest absolute Gasteiger partial charge is 0.241 e. The Hall–Kier alpha value is -2.68. The van der Waals surface area contributed by atoms with E-state index in [-0.39, 0.29) is 4.90 Å². The Bertz CT molecular complexity index is 1020. The highest BCUT2D eigenvalue weighted by Crippen LogP contribution is 2.22. The van der Waals surface area contributed by atoms with E-state index in [1.54, 1.807) is 18.2 Å². The van der Waals surface area contributed by atoms with Gasteiger partial charge in [0.2, 0.25) is 10.0 Å². The summed E-state index contributed by atoms with van der Waals surface area (Å²) in [7, 11) is -3.76. The molecule has 24 heavy (non-hydrogen) atoms. The number of hydrogen-bond donors (Lipinski definition) is 1. The van der Waals surface area contributed by atoms with Crippen molar-refractivity contribution in [3.63, 3.8) is 0 Å². The Labute approximate surface area is 141 Å². The van der Waals surface area contributed by atoms with Crippen LogP contribution in [-0.2, 0) is 10.0 Å². The minimum atomic E-state index is -3.76. The van der Waals surface area contributed by atoms with Gasteiger partial charge in [0.15, 0.2) is 0 Å². The second kappa shape index (κ2) is 6.44. The molecule has 1 N–H and O–H groups in total. The molecule has 5 heteroatoms. The van der Waals surface area contributed by atoms with Gasteiger partial charge in [0.05, 0.1) is 11.0 Å². The number of nitrogens with one attached hydrogen (secondary N) is 1. The molecule has 0 saturated heterocycles. The van der Waals surface area contributed by atoms with Gasteiger partial charge < -0.3 is 0 Å². The maximum absolute atomic E-state index is 12.5. The van der Waals surface area contributed by atoms with Crippen molar-refractivity contribution in [3.05, 3.63) is 77.9 Å². The van der Waals surface area contributed by atoms with Crippen LogP contribution in [0.4, 0.5) is 0 Å². The molecule has 0 fully saturated rings. The van der Waals surface area contributed by atoms with Gasteiger partial charge in [-0.2, -0.15) is 9.98 Å². The van der Waals surface area contributed by atoms with Gasteiger partial charge in [-0.05, 0) is 41.5 Å². The number of aryl methyl sites for hydroxylation is 1. The zero-order valence-electron chi connectivity index (χ0n) is 13.1. The van der Waals surface area contributed by atoms with Crippen molar-refractivity contribution in [1.29, 1.82) is 5.26 Å². The third-order valence-electron chi connectivity index (χ3n) is 3.84. The van der Waals surface area contributed by atoms with Crippen molar-refractivity contribution in [2.24, 2.45) is 0 Å². The third kappa shape index (κ3) is 3.30. The summed E-state index contributed by atoms with van der Waals surface area (Å²) in [6.45, 7) is 1.89. The molecule has 0 aliphatic carbocycles. The average Bonchev–Trinajstić information content (AvgIpc) is 2.59. The molecule has 0 amide bonds. The van der Waals surface area contributed by atoms with Crippen LogP contribution in [0.25, 0.3) is 10.8 Å². The fourth-order valence-electron chi connectivity index (χ4n) is 2.50. The molecule has 0 bridgehead atoms. The SMILES string of the molecule is Cc1ccc(S(=O)(=O)NC(C#N)c2ccc3ccccc3c2)cc1. The molecule has 0 spiro atoms. The van der Waals surface area contributed by atoms with Gasteiger partial charge >= 0.3 is 0 Å². The Morgan fingerprint density at radius 2 is 1.62 bits per heavy atom. The highest BCUT2D eigenvalue weighted by atomic mass is 32.2. The lowest BCUT2D eigenvalue weighted by atomic mass is 10.0. The first-order chi connectivity index (χ1) is 11.5. The summed E-state index contributed by atoms with van der Waals surface area (Å²) in [6.07, 6.45) is 0. The molecule has 0 aliphatic heterocycles. The molecule has 0 radical (unpaired) electrons. The van der Waals surface area contributed by atoms with E-state index in [1.165, 1.54) is 12.1 Å². The minimum Gasteiger partial charge on any atom is -0.207 e. The number of nitriles is 1. The van der Waals surface area contributed by atoms with E-state index in [4.69, 9.17) is 0 Å². The number of benzene rings is 3. The molecule has 3 aromatic carbocycles. The van der Waals surface area contributed by atoms with Gasteiger partial charge in [0.25, 0.3) is 0 Å². The second-order valence-electron chi connectivity index (χ2n) is 5.60. The first kappa shape index (κ1) is 16.2. The standard InChI is InChI=1S/C19H16N2O2S/c1-14-6-10-18(11-7-14)24(22,23)21-19(13-20)17-9-8-15-4-2-3-5-16(15)12-17/h2-12,19,21H,1H3. The first-order valence-electron chi connectivity index (χ1n) is 7.47. The van der Waals surface area contributed by atoms with Crippen LogP contribution in [0.5, 0.6) is 0 Å². The maximum atomic E-state index is 12.5. The molecule has 0 heterocycles. The van der Waals surface area contributed by atoms with E-state index in [0.717, 1.165) is 16.3 Å². The molecule has 0 aliphatic rings. The smallest absolute Gasteiger partial charge is 0.207 e. The van der Waals surface area contributed by atoms with E-state index in [1.807, 2.05) is 49.4 Å². The normalized spacial score (nSPS) is 12.7. The molecular formula is C19H16N2O2S. The number of hydrogen-bond acceptors (Lipinski definition) is 3. The van der Waals surface area contributed by atoms with Crippen LogP contribution in [0.1, 0.15) is 17.2 Å². The van der Waals surface area contributed by atoms with Gasteiger partial charge in [0.1, 0.15) is 6.04 Å². The molecule has 4 nitrogen and oxygen atoms in total. The fraction of sp³-hybridized carbons (Fsp3) is 0.105. The molecule has 0 saturated carbocycles. The Morgan fingerprint density at radius 3 is 2.29 bits per heavy atom. The molecule has 1 unspecified atom stereocenters. The summed E-state index contributed by atoms with van der Waals surface area (Å²) >= 11 is 0. The van der Waals surface area contributed by atoms with Crippen molar-refractivity contribution >= 4 is 20.8 Å². The maximum Gasteiger partial charge on any atom is 0.241 e. The van der Waals surface area contributed by atoms with Crippen molar-refractivity contribution in [3.8, 4) is 6.07 Å². The van der Waals surface area contributed by atoms with Gasteiger partial charge in [0, 0.05) is 0 Å². The Kier molecular flexibility index (Phi) is 4.34. The highest BCUT2D eigenvalue weighted by Gasteiger charge is 2.21. The Balaban J connectivity index is 1.93. The zero-order valence-corrected chi connectivity index (χ0v) is 13.9. The predicted molar refractivity (Wildman–Crippen MR) is 93.8 cm³/mol. The number of rotatable bonds is 4. The van der Waals surface area contributed by atoms with Gasteiger partial charge in [-0.1, -0.05) is 54.1 Å². The quantitative estimate of drug-likeness (QED) is 0.790. The van der Waals surface area contributed by atoms with E-state index in [9.17, 15) is 13.7 Å². The summed E-state index contributed by atoms with van der Waals surface area (Å²) in [5.41, 5.74) is 1.59. The van der Waals surface area contributed by atoms with Crippen LogP contribution < -0.4 is 4.72 Å². The Morgan fingerprint density at radius 1 is 0.958 bits per heavy atom. The fourth-order valence-corrected chi connectivity index (χ4v) is 3.63. The second-order valence-corrected chi connectivity index (χ2v) is 7.32. The lowest BCUT2D eigenvalue weighted by molar-refractivity contribution is 0.575. The lowest BCUT2D eigenvalue weighted by Gasteiger charge is -2.13. The summed E-state index contributed by atoms with van der Waals surface area (Å²) in [6, 6.07) is 20.8. The van der Waals surface area contributed by atoms with Crippen LogP contribution in [0, 0.1) is 18.3 Å². The van der Waals surface area contributed by atoms with Crippen molar-refractivity contribution < 1.29 is 8.42 Å². The molecule has 1 atom stereocenters. The highest BCUT2D eigenvalue weighted by molar-refractivity contribution is 7.89. The van der Waals surface area contributed by atoms with Crippen LogP contribution >= 0.6 is 0 Å². The van der Waals surface area contributed by atoms with Crippen molar-refractivity contribution in [1.82, 2.24) is 4.72 Å². The molecule has 120 valence electrons. The predicted octanol–water partition coefficient (Wildman–Crippen LogP) is 3.69. The lowest BCUT2D eigenvalue weighted by Crippen LogP contribution is -2.27. The third-order valence-corrected chi connectivity index (χ3v) is 5.28. The minimum absolute atomic E-state index is 0.147. The average molecular weight is 336 g/mol. The molecular weight excluding hydrogens is 320 g/mol. The monoisotopic (exact) mass is 336 g/mol. The topological polar surface area (TPSA) is 70.0 Å². The number of sulfonamides is 1. The molecule has 3 rings (SSSR count).